The third-order valence-electron chi connectivity index (χ3n) is 3.08. The van der Waals surface area contributed by atoms with Crippen molar-refractivity contribution in [2.75, 3.05) is 0 Å². The average molecular weight is 181 g/mol. The molecule has 0 aromatic heterocycles. The lowest BCUT2D eigenvalue weighted by molar-refractivity contribution is 0.261. The minimum Gasteiger partial charge on any atom is -0.327 e. The van der Waals surface area contributed by atoms with Crippen LogP contribution in [-0.2, 0) is 0 Å². The van der Waals surface area contributed by atoms with Gasteiger partial charge in [-0.1, -0.05) is 32.9 Å². The molecule has 0 aromatic rings. The van der Waals surface area contributed by atoms with Crippen molar-refractivity contribution in [1.29, 1.82) is 0 Å². The molecule has 1 aliphatic rings. The first-order valence-electron chi connectivity index (χ1n) is 5.40. The molecule has 1 heteroatoms. The topological polar surface area (TPSA) is 26.0 Å². The van der Waals surface area contributed by atoms with E-state index in [4.69, 9.17) is 5.73 Å². The summed E-state index contributed by atoms with van der Waals surface area (Å²) in [4.78, 5) is 0. The van der Waals surface area contributed by atoms with Crippen LogP contribution in [0.5, 0.6) is 0 Å². The van der Waals surface area contributed by atoms with Gasteiger partial charge in [0.2, 0.25) is 0 Å². The Kier molecular flexibility index (Phi) is 3.55. The highest BCUT2D eigenvalue weighted by atomic mass is 14.7. The van der Waals surface area contributed by atoms with Gasteiger partial charge < -0.3 is 5.73 Å². The van der Waals surface area contributed by atoms with Crippen LogP contribution in [0.4, 0.5) is 0 Å². The van der Waals surface area contributed by atoms with E-state index in [2.05, 4.69) is 32.9 Å². The van der Waals surface area contributed by atoms with Crippen molar-refractivity contribution < 1.29 is 0 Å². The number of allylic oxidation sites excluding steroid dienone is 2. The van der Waals surface area contributed by atoms with Crippen molar-refractivity contribution >= 4 is 0 Å². The summed E-state index contributed by atoms with van der Waals surface area (Å²) in [5.74, 6) is 0.833. The summed E-state index contributed by atoms with van der Waals surface area (Å²) in [5, 5.41) is 0. The minimum atomic E-state index is 0.265. The fraction of sp³-hybridized carbons (Fsp3) is 0.833. The molecule has 76 valence electrons. The first-order valence-corrected chi connectivity index (χ1v) is 5.40. The van der Waals surface area contributed by atoms with Gasteiger partial charge in [0.15, 0.2) is 0 Å². The third-order valence-corrected chi connectivity index (χ3v) is 3.08. The van der Waals surface area contributed by atoms with Gasteiger partial charge in [0.1, 0.15) is 0 Å². The largest absolute Gasteiger partial charge is 0.327 e. The first kappa shape index (κ1) is 10.8. The van der Waals surface area contributed by atoms with Crippen molar-refractivity contribution in [3.63, 3.8) is 0 Å². The third kappa shape index (κ3) is 3.51. The molecule has 0 fully saturated rings. The van der Waals surface area contributed by atoms with E-state index < -0.39 is 0 Å². The van der Waals surface area contributed by atoms with Crippen LogP contribution in [0.2, 0.25) is 0 Å². The van der Waals surface area contributed by atoms with E-state index in [1.807, 2.05) is 0 Å². The molecule has 0 saturated carbocycles. The second-order valence-electron chi connectivity index (χ2n) is 5.36. The van der Waals surface area contributed by atoms with E-state index >= 15 is 0 Å². The normalized spacial score (nSPS) is 26.0. The molecule has 1 aliphatic carbocycles. The highest BCUT2D eigenvalue weighted by Crippen LogP contribution is 2.28. The van der Waals surface area contributed by atoms with Gasteiger partial charge in [-0.05, 0) is 37.0 Å². The molecular formula is C12H23N. The predicted molar refractivity (Wildman–Crippen MR) is 58.5 cm³/mol. The van der Waals surface area contributed by atoms with Crippen LogP contribution in [0.1, 0.15) is 46.5 Å². The molecule has 0 bridgehead atoms. The molecule has 13 heavy (non-hydrogen) atoms. The molecule has 0 saturated heterocycles. The Balaban J connectivity index is 2.35. The van der Waals surface area contributed by atoms with Crippen molar-refractivity contribution in [3.8, 4) is 0 Å². The van der Waals surface area contributed by atoms with Gasteiger partial charge in [0.25, 0.3) is 0 Å². The van der Waals surface area contributed by atoms with Crippen LogP contribution >= 0.6 is 0 Å². The summed E-state index contributed by atoms with van der Waals surface area (Å²) in [6.45, 7) is 6.70. The number of nitrogens with two attached hydrogens (primary N) is 1. The zero-order chi connectivity index (χ0) is 9.90. The molecule has 2 unspecified atom stereocenters. The van der Waals surface area contributed by atoms with Crippen molar-refractivity contribution in [2.24, 2.45) is 17.1 Å². The maximum absolute atomic E-state index is 6.16. The van der Waals surface area contributed by atoms with Crippen LogP contribution in [0.15, 0.2) is 12.2 Å². The number of rotatable bonds is 2. The lowest BCUT2D eigenvalue weighted by Crippen LogP contribution is -2.36. The van der Waals surface area contributed by atoms with Gasteiger partial charge in [-0.15, -0.1) is 0 Å². The Morgan fingerprint density at radius 1 is 1.38 bits per heavy atom. The Labute approximate surface area is 82.4 Å². The zero-order valence-corrected chi connectivity index (χ0v) is 9.22. The summed E-state index contributed by atoms with van der Waals surface area (Å²) < 4.78 is 0. The smallest absolute Gasteiger partial charge is 0.00903 e. The monoisotopic (exact) mass is 181 g/mol. The standard InChI is InChI=1S/C12H23N/c1-12(2,3)11(13)9-10-7-5-4-6-8-10/h4-5,10-11H,6-9,13H2,1-3H3. The van der Waals surface area contributed by atoms with Crippen LogP contribution in [0.25, 0.3) is 0 Å². The SMILES string of the molecule is CC(C)(C)C(N)CC1CC=CCC1. The van der Waals surface area contributed by atoms with E-state index in [0.717, 1.165) is 5.92 Å². The highest BCUT2D eigenvalue weighted by molar-refractivity contribution is 4.92. The molecule has 1 nitrogen and oxygen atoms in total. The molecule has 0 radical (unpaired) electrons. The molecule has 0 heterocycles. The molecule has 0 aliphatic heterocycles. The lowest BCUT2D eigenvalue weighted by atomic mass is 9.79. The summed E-state index contributed by atoms with van der Waals surface area (Å²) in [7, 11) is 0. The highest BCUT2D eigenvalue weighted by Gasteiger charge is 2.23. The molecule has 0 spiro atoms. The van der Waals surface area contributed by atoms with Gasteiger partial charge in [-0.2, -0.15) is 0 Å². The summed E-state index contributed by atoms with van der Waals surface area (Å²) in [6, 6.07) is 0.351. The summed E-state index contributed by atoms with van der Waals surface area (Å²) >= 11 is 0. The summed E-state index contributed by atoms with van der Waals surface area (Å²) in [6.07, 6.45) is 9.61. The number of hydrogen-bond donors (Lipinski definition) is 1. The molecule has 2 N–H and O–H groups in total. The quantitative estimate of drug-likeness (QED) is 0.651. The molecule has 2 atom stereocenters. The second-order valence-corrected chi connectivity index (χ2v) is 5.36. The second kappa shape index (κ2) is 4.28. The Bertz CT molecular complexity index is 176. The Morgan fingerprint density at radius 2 is 2.08 bits per heavy atom. The van der Waals surface area contributed by atoms with E-state index in [9.17, 15) is 0 Å². The molecule has 1 rings (SSSR count). The summed E-state index contributed by atoms with van der Waals surface area (Å²) in [5.41, 5.74) is 6.42. The van der Waals surface area contributed by atoms with Crippen LogP contribution in [-0.4, -0.2) is 6.04 Å². The van der Waals surface area contributed by atoms with Crippen LogP contribution in [0.3, 0.4) is 0 Å². The van der Waals surface area contributed by atoms with Gasteiger partial charge in [-0.25, -0.2) is 0 Å². The van der Waals surface area contributed by atoms with Gasteiger partial charge in [0, 0.05) is 6.04 Å². The predicted octanol–water partition coefficient (Wildman–Crippen LogP) is 3.11. The van der Waals surface area contributed by atoms with E-state index in [-0.39, 0.29) is 5.41 Å². The fourth-order valence-electron chi connectivity index (χ4n) is 1.78. The van der Waals surface area contributed by atoms with E-state index in [0.29, 0.717) is 6.04 Å². The van der Waals surface area contributed by atoms with Gasteiger partial charge in [0.05, 0.1) is 0 Å². The zero-order valence-electron chi connectivity index (χ0n) is 9.22. The van der Waals surface area contributed by atoms with Crippen molar-refractivity contribution in [1.82, 2.24) is 0 Å². The van der Waals surface area contributed by atoms with Crippen molar-refractivity contribution in [2.45, 2.75) is 52.5 Å². The first-order chi connectivity index (χ1) is 6.00. The molecular weight excluding hydrogens is 158 g/mol. The van der Waals surface area contributed by atoms with E-state index in [1.165, 1.54) is 25.7 Å². The van der Waals surface area contributed by atoms with Gasteiger partial charge in [-0.3, -0.25) is 0 Å². The Morgan fingerprint density at radius 3 is 2.54 bits per heavy atom. The van der Waals surface area contributed by atoms with Gasteiger partial charge >= 0.3 is 0 Å². The maximum Gasteiger partial charge on any atom is 0.00903 e. The van der Waals surface area contributed by atoms with Crippen molar-refractivity contribution in [3.05, 3.63) is 12.2 Å². The molecule has 0 amide bonds. The number of hydrogen-bond acceptors (Lipinski definition) is 1. The van der Waals surface area contributed by atoms with E-state index in [1.54, 1.807) is 0 Å². The maximum atomic E-state index is 6.16. The Hall–Kier alpha value is -0.300. The van der Waals surface area contributed by atoms with Crippen LogP contribution in [0, 0.1) is 11.3 Å². The lowest BCUT2D eigenvalue weighted by Gasteiger charge is -2.31. The average Bonchev–Trinajstić information content (AvgIpc) is 2.04. The molecule has 0 aromatic carbocycles. The fourth-order valence-corrected chi connectivity index (χ4v) is 1.78. The van der Waals surface area contributed by atoms with Crippen LogP contribution < -0.4 is 5.73 Å². The minimum absolute atomic E-state index is 0.265.